The minimum atomic E-state index is -0.469. The summed E-state index contributed by atoms with van der Waals surface area (Å²) in [7, 11) is 0. The SMILES string of the molecule is C[C@H](CCC(=O)NCCCCCCCCCCn1cccc1)[C@H]1CC[C@H]2[C@@H]3C(=O)C[C@@H]4CC(=O)CC[C@]4(C)[C@H]3CC(=O)[C@]12C. The zero-order valence-corrected chi connectivity index (χ0v) is 27.8. The molecular weight excluding hydrogens is 548 g/mol. The average Bonchev–Trinajstić information content (AvgIpc) is 3.64. The quantitative estimate of drug-likeness (QED) is 0.207. The van der Waals surface area contributed by atoms with E-state index in [-0.39, 0.29) is 52.6 Å². The van der Waals surface area contributed by atoms with Gasteiger partial charge in [-0.15, -0.1) is 0 Å². The van der Waals surface area contributed by atoms with Crippen LogP contribution in [0.4, 0.5) is 0 Å². The number of rotatable bonds is 15. The molecule has 6 heteroatoms. The van der Waals surface area contributed by atoms with Crippen molar-refractivity contribution in [3.05, 3.63) is 24.5 Å². The highest BCUT2D eigenvalue weighted by Crippen LogP contribution is 2.66. The fourth-order valence-corrected chi connectivity index (χ4v) is 10.3. The number of Topliss-reactive ketones (excluding diaryl/α,β-unsaturated/α-hetero) is 3. The lowest BCUT2D eigenvalue weighted by Gasteiger charge is -2.58. The fourth-order valence-electron chi connectivity index (χ4n) is 10.3. The van der Waals surface area contributed by atoms with Crippen LogP contribution in [0.2, 0.25) is 0 Å². The second-order valence-electron chi connectivity index (χ2n) is 15.6. The van der Waals surface area contributed by atoms with Crippen molar-refractivity contribution < 1.29 is 19.2 Å². The van der Waals surface area contributed by atoms with Gasteiger partial charge in [-0.25, -0.2) is 0 Å². The maximum Gasteiger partial charge on any atom is 0.220 e. The molecule has 44 heavy (non-hydrogen) atoms. The standard InChI is InChI=1S/C38H58N2O4/c1-27(14-17-35(44)39-20-10-8-6-4-5-7-9-11-21-40-22-12-13-23-40)30-15-16-31-36-32(26-34(43)38(30,31)3)37(2)19-18-29(41)24-28(37)25-33(36)42/h12-13,22-23,27-28,30-32,36H,4-11,14-21,24-26H2,1-3H3,(H,39,44)/t27-,28+,30-,31+,32+,36+,37+,38-/m1/s1. The van der Waals surface area contributed by atoms with Crippen molar-refractivity contribution in [2.75, 3.05) is 6.54 Å². The Morgan fingerprint density at radius 1 is 0.909 bits per heavy atom. The van der Waals surface area contributed by atoms with E-state index in [1.54, 1.807) is 0 Å². The first-order valence-electron chi connectivity index (χ1n) is 18.1. The average molecular weight is 607 g/mol. The Kier molecular flexibility index (Phi) is 10.9. The Bertz CT molecular complexity index is 1160. The Hall–Kier alpha value is -2.24. The maximum absolute atomic E-state index is 14.0. The molecule has 0 aliphatic heterocycles. The summed E-state index contributed by atoms with van der Waals surface area (Å²) < 4.78 is 2.25. The van der Waals surface area contributed by atoms with Crippen LogP contribution in [-0.2, 0) is 25.7 Å². The van der Waals surface area contributed by atoms with Gasteiger partial charge in [-0.2, -0.15) is 0 Å². The van der Waals surface area contributed by atoms with Crippen LogP contribution < -0.4 is 5.32 Å². The third kappa shape index (κ3) is 6.94. The monoisotopic (exact) mass is 606 g/mol. The summed E-state index contributed by atoms with van der Waals surface area (Å²) in [5.74, 6) is 1.84. The highest BCUT2D eigenvalue weighted by Gasteiger charge is 2.66. The van der Waals surface area contributed by atoms with E-state index < -0.39 is 5.41 Å². The van der Waals surface area contributed by atoms with Crippen molar-refractivity contribution in [2.45, 2.75) is 136 Å². The molecule has 0 bridgehead atoms. The van der Waals surface area contributed by atoms with Gasteiger partial charge in [0.2, 0.25) is 5.91 Å². The summed E-state index contributed by atoms with van der Waals surface area (Å²) in [5, 5.41) is 3.14. The Labute approximate surface area is 265 Å². The molecule has 4 aliphatic carbocycles. The highest BCUT2D eigenvalue weighted by atomic mass is 16.2. The summed E-state index contributed by atoms with van der Waals surface area (Å²) in [6.45, 7) is 8.52. The van der Waals surface area contributed by atoms with Crippen molar-refractivity contribution >= 4 is 23.3 Å². The molecule has 1 amide bonds. The zero-order chi connectivity index (χ0) is 31.3. The molecule has 0 aromatic carbocycles. The van der Waals surface area contributed by atoms with Gasteiger partial charge < -0.3 is 9.88 Å². The summed E-state index contributed by atoms with van der Waals surface area (Å²) in [5.41, 5.74) is -0.544. The van der Waals surface area contributed by atoms with Crippen LogP contribution in [0.15, 0.2) is 24.5 Å². The molecule has 4 aliphatic rings. The van der Waals surface area contributed by atoms with Crippen molar-refractivity contribution in [1.82, 2.24) is 9.88 Å². The normalized spacial score (nSPS) is 33.9. The molecule has 0 unspecified atom stereocenters. The predicted octanol–water partition coefficient (Wildman–Crippen LogP) is 7.73. The number of amides is 1. The number of aromatic nitrogens is 1. The van der Waals surface area contributed by atoms with Crippen LogP contribution in [0.5, 0.6) is 0 Å². The van der Waals surface area contributed by atoms with Gasteiger partial charge in [0.1, 0.15) is 17.3 Å². The molecule has 0 radical (unpaired) electrons. The van der Waals surface area contributed by atoms with Crippen LogP contribution in [0.3, 0.4) is 0 Å². The molecule has 6 nitrogen and oxygen atoms in total. The molecule has 0 saturated heterocycles. The summed E-state index contributed by atoms with van der Waals surface area (Å²) >= 11 is 0. The third-order valence-corrected chi connectivity index (χ3v) is 13.1. The third-order valence-electron chi connectivity index (χ3n) is 13.1. The Morgan fingerprint density at radius 3 is 2.32 bits per heavy atom. The minimum absolute atomic E-state index is 0.0391. The molecule has 1 aromatic heterocycles. The fraction of sp³-hybridized carbons (Fsp3) is 0.789. The van der Waals surface area contributed by atoms with Crippen molar-refractivity contribution in [1.29, 1.82) is 0 Å². The molecular formula is C38H58N2O4. The molecule has 4 fully saturated rings. The number of aryl methyl sites for hydroxylation is 1. The summed E-state index contributed by atoms with van der Waals surface area (Å²) in [6, 6.07) is 4.17. The van der Waals surface area contributed by atoms with Gasteiger partial charge in [0.25, 0.3) is 0 Å². The van der Waals surface area contributed by atoms with Crippen LogP contribution >= 0.6 is 0 Å². The van der Waals surface area contributed by atoms with E-state index >= 15 is 0 Å². The smallest absolute Gasteiger partial charge is 0.220 e. The number of nitrogens with one attached hydrogen (secondary N) is 1. The lowest BCUT2D eigenvalue weighted by Crippen LogP contribution is -2.60. The van der Waals surface area contributed by atoms with Gasteiger partial charge in [-0.1, -0.05) is 59.3 Å². The molecule has 1 aromatic rings. The second kappa shape index (κ2) is 14.5. The van der Waals surface area contributed by atoms with E-state index in [1.165, 1.54) is 44.9 Å². The van der Waals surface area contributed by atoms with Crippen LogP contribution in [0.25, 0.3) is 0 Å². The second-order valence-corrected chi connectivity index (χ2v) is 15.6. The molecule has 1 N–H and O–H groups in total. The van der Waals surface area contributed by atoms with E-state index in [2.05, 4.69) is 55.2 Å². The van der Waals surface area contributed by atoms with Gasteiger partial charge in [0.05, 0.1) is 0 Å². The van der Waals surface area contributed by atoms with E-state index in [1.807, 2.05) is 0 Å². The van der Waals surface area contributed by atoms with Gasteiger partial charge in [-0.3, -0.25) is 19.2 Å². The van der Waals surface area contributed by atoms with Crippen LogP contribution in [-0.4, -0.2) is 34.4 Å². The topological polar surface area (TPSA) is 85.2 Å². The van der Waals surface area contributed by atoms with Crippen molar-refractivity contribution in [3.63, 3.8) is 0 Å². The van der Waals surface area contributed by atoms with Gasteiger partial charge in [0, 0.05) is 68.9 Å². The predicted molar refractivity (Wildman–Crippen MR) is 174 cm³/mol. The molecule has 5 rings (SSSR count). The molecule has 244 valence electrons. The van der Waals surface area contributed by atoms with Crippen molar-refractivity contribution in [3.8, 4) is 0 Å². The molecule has 0 spiro atoms. The van der Waals surface area contributed by atoms with Gasteiger partial charge in [0.15, 0.2) is 0 Å². The Morgan fingerprint density at radius 2 is 1.59 bits per heavy atom. The Balaban J connectivity index is 0.999. The molecule has 8 atom stereocenters. The molecule has 1 heterocycles. The van der Waals surface area contributed by atoms with Crippen LogP contribution in [0.1, 0.15) is 130 Å². The molecule has 4 saturated carbocycles. The number of hydrogen-bond donors (Lipinski definition) is 1. The van der Waals surface area contributed by atoms with Crippen molar-refractivity contribution in [2.24, 2.45) is 46.3 Å². The van der Waals surface area contributed by atoms with Gasteiger partial charge >= 0.3 is 0 Å². The number of nitrogens with zero attached hydrogens (tertiary/aromatic N) is 1. The zero-order valence-electron chi connectivity index (χ0n) is 27.8. The highest BCUT2D eigenvalue weighted by molar-refractivity contribution is 5.93. The van der Waals surface area contributed by atoms with E-state index in [9.17, 15) is 19.2 Å². The summed E-state index contributed by atoms with van der Waals surface area (Å²) in [6.07, 6.45) is 20.3. The number of carbonyl (C=O) groups is 4. The lowest BCUT2D eigenvalue weighted by atomic mass is 9.44. The first-order chi connectivity index (χ1) is 21.1. The van der Waals surface area contributed by atoms with E-state index in [0.29, 0.717) is 43.7 Å². The first-order valence-corrected chi connectivity index (χ1v) is 18.1. The minimum Gasteiger partial charge on any atom is -0.356 e. The van der Waals surface area contributed by atoms with E-state index in [4.69, 9.17) is 0 Å². The lowest BCUT2D eigenvalue weighted by molar-refractivity contribution is -0.166. The largest absolute Gasteiger partial charge is 0.356 e. The maximum atomic E-state index is 14.0. The number of fused-ring (bicyclic) bond motifs is 5. The summed E-state index contributed by atoms with van der Waals surface area (Å²) in [4.78, 5) is 52.5. The number of hydrogen-bond acceptors (Lipinski definition) is 4. The number of carbonyl (C=O) groups excluding carboxylic acids is 4. The van der Waals surface area contributed by atoms with Gasteiger partial charge in [-0.05, 0) is 85.7 Å². The number of ketones is 3. The van der Waals surface area contributed by atoms with Crippen LogP contribution in [0, 0.1) is 46.3 Å². The van der Waals surface area contributed by atoms with E-state index in [0.717, 1.165) is 45.2 Å². The first kappa shape index (κ1) is 33.1. The number of unbranched alkanes of at least 4 members (excludes halogenated alkanes) is 7.